The van der Waals surface area contributed by atoms with E-state index < -0.39 is 0 Å². The molecule has 7 heteroatoms. The van der Waals surface area contributed by atoms with E-state index in [1.54, 1.807) is 19.1 Å². The summed E-state index contributed by atoms with van der Waals surface area (Å²) in [6, 6.07) is 3.19. The zero-order chi connectivity index (χ0) is 13.8. The van der Waals surface area contributed by atoms with Crippen molar-refractivity contribution in [1.82, 2.24) is 4.98 Å². The van der Waals surface area contributed by atoms with Gasteiger partial charge >= 0.3 is 5.97 Å². The van der Waals surface area contributed by atoms with Crippen LogP contribution >= 0.6 is 11.3 Å². The monoisotopic (exact) mass is 280 g/mol. The van der Waals surface area contributed by atoms with Crippen molar-refractivity contribution >= 4 is 28.3 Å². The standard InChI is InChI=1S/C12H12N2O4S/c1-7-9(6-10(15)17-2)19-12(13-7)14-11(16)8-4-3-5-18-8/h3-5H,6H2,1-2H3,(H,13,14,16). The Morgan fingerprint density at radius 3 is 2.95 bits per heavy atom. The van der Waals surface area contributed by atoms with Gasteiger partial charge in [0.2, 0.25) is 0 Å². The molecule has 0 atom stereocenters. The predicted octanol–water partition coefficient (Wildman–Crippen LogP) is 2.01. The maximum absolute atomic E-state index is 11.7. The lowest BCUT2D eigenvalue weighted by Gasteiger charge is -1.97. The predicted molar refractivity (Wildman–Crippen MR) is 69.2 cm³/mol. The third kappa shape index (κ3) is 3.19. The number of anilines is 1. The topological polar surface area (TPSA) is 81.4 Å². The van der Waals surface area contributed by atoms with Gasteiger partial charge in [0.15, 0.2) is 10.9 Å². The number of aromatic nitrogens is 1. The summed E-state index contributed by atoms with van der Waals surface area (Å²) < 4.78 is 9.57. The summed E-state index contributed by atoms with van der Waals surface area (Å²) in [6.07, 6.45) is 1.57. The zero-order valence-corrected chi connectivity index (χ0v) is 11.2. The molecular weight excluding hydrogens is 268 g/mol. The molecule has 0 unspecified atom stereocenters. The second-order valence-electron chi connectivity index (χ2n) is 3.71. The van der Waals surface area contributed by atoms with E-state index in [1.165, 1.54) is 24.7 Å². The fraction of sp³-hybridized carbons (Fsp3) is 0.250. The summed E-state index contributed by atoms with van der Waals surface area (Å²) in [5.74, 6) is -0.499. The first-order valence-corrected chi connectivity index (χ1v) is 6.29. The first-order valence-electron chi connectivity index (χ1n) is 5.48. The number of amides is 1. The van der Waals surface area contributed by atoms with Crippen LogP contribution in [0.4, 0.5) is 5.13 Å². The van der Waals surface area contributed by atoms with E-state index in [1.807, 2.05) is 0 Å². The Kier molecular flexibility index (Phi) is 3.96. The second-order valence-corrected chi connectivity index (χ2v) is 4.80. The van der Waals surface area contributed by atoms with Crippen molar-refractivity contribution in [2.45, 2.75) is 13.3 Å². The summed E-state index contributed by atoms with van der Waals surface area (Å²) in [6.45, 7) is 1.78. The van der Waals surface area contributed by atoms with E-state index in [0.717, 1.165) is 4.88 Å². The number of aryl methyl sites for hydroxylation is 1. The van der Waals surface area contributed by atoms with Gasteiger partial charge in [0.05, 0.1) is 25.5 Å². The van der Waals surface area contributed by atoms with Crippen LogP contribution in [0.5, 0.6) is 0 Å². The number of hydrogen-bond donors (Lipinski definition) is 1. The Hall–Kier alpha value is -2.15. The normalized spacial score (nSPS) is 10.2. The van der Waals surface area contributed by atoms with Crippen LogP contribution in [0.25, 0.3) is 0 Å². The maximum atomic E-state index is 11.7. The number of esters is 1. The van der Waals surface area contributed by atoms with Crippen LogP contribution in [0.3, 0.4) is 0 Å². The van der Waals surface area contributed by atoms with Gasteiger partial charge in [0.25, 0.3) is 5.91 Å². The Morgan fingerprint density at radius 1 is 1.53 bits per heavy atom. The minimum Gasteiger partial charge on any atom is -0.469 e. The zero-order valence-electron chi connectivity index (χ0n) is 10.4. The van der Waals surface area contributed by atoms with E-state index >= 15 is 0 Å². The molecule has 0 saturated carbocycles. The molecule has 0 spiro atoms. The Bertz CT molecular complexity index is 589. The molecule has 0 bridgehead atoms. The number of methoxy groups -OCH3 is 1. The van der Waals surface area contributed by atoms with Crippen LogP contribution in [0, 0.1) is 6.92 Å². The summed E-state index contributed by atoms with van der Waals surface area (Å²) in [5, 5.41) is 3.05. The van der Waals surface area contributed by atoms with Crippen molar-refractivity contribution in [3.05, 3.63) is 34.7 Å². The molecule has 0 radical (unpaired) electrons. The van der Waals surface area contributed by atoms with Crippen LogP contribution in [0.1, 0.15) is 21.1 Å². The Labute approximate surface area is 113 Å². The molecule has 0 aromatic carbocycles. The number of nitrogens with zero attached hydrogens (tertiary/aromatic N) is 1. The summed E-state index contributed by atoms with van der Waals surface area (Å²) in [4.78, 5) is 27.9. The van der Waals surface area contributed by atoms with Crippen LogP contribution in [0.2, 0.25) is 0 Å². The van der Waals surface area contributed by atoms with Gasteiger partial charge in [-0.2, -0.15) is 0 Å². The third-order valence-corrected chi connectivity index (χ3v) is 3.46. The van der Waals surface area contributed by atoms with E-state index in [9.17, 15) is 9.59 Å². The quantitative estimate of drug-likeness (QED) is 0.866. The number of thiazole rings is 1. The van der Waals surface area contributed by atoms with Gasteiger partial charge in [-0.3, -0.25) is 14.9 Å². The van der Waals surface area contributed by atoms with Crippen LogP contribution in [0.15, 0.2) is 22.8 Å². The molecule has 0 aliphatic carbocycles. The minimum absolute atomic E-state index is 0.149. The Morgan fingerprint density at radius 2 is 2.32 bits per heavy atom. The fourth-order valence-corrected chi connectivity index (χ4v) is 2.36. The van der Waals surface area contributed by atoms with Gasteiger partial charge < -0.3 is 9.15 Å². The largest absolute Gasteiger partial charge is 0.469 e. The molecule has 1 N–H and O–H groups in total. The number of furan rings is 1. The minimum atomic E-state index is -0.372. The highest BCUT2D eigenvalue weighted by Gasteiger charge is 2.15. The van der Waals surface area contributed by atoms with Gasteiger partial charge in [-0.15, -0.1) is 11.3 Å². The van der Waals surface area contributed by atoms with E-state index in [-0.39, 0.29) is 24.1 Å². The van der Waals surface area contributed by atoms with Crippen LogP contribution in [-0.2, 0) is 16.0 Å². The van der Waals surface area contributed by atoms with Gasteiger partial charge in [-0.25, -0.2) is 4.98 Å². The molecule has 0 aliphatic heterocycles. The molecule has 6 nitrogen and oxygen atoms in total. The highest BCUT2D eigenvalue weighted by atomic mass is 32.1. The molecule has 0 fully saturated rings. The Balaban J connectivity index is 2.08. The van der Waals surface area contributed by atoms with Crippen molar-refractivity contribution in [3.8, 4) is 0 Å². The first-order chi connectivity index (χ1) is 9.10. The van der Waals surface area contributed by atoms with E-state index in [2.05, 4.69) is 15.0 Å². The number of carbonyl (C=O) groups is 2. The molecule has 2 rings (SSSR count). The lowest BCUT2D eigenvalue weighted by Crippen LogP contribution is -2.10. The molecule has 2 aromatic rings. The lowest BCUT2D eigenvalue weighted by atomic mass is 10.3. The van der Waals surface area contributed by atoms with Gasteiger partial charge in [0.1, 0.15) is 0 Å². The molecule has 1 amide bonds. The number of ether oxygens (including phenoxy) is 1. The average Bonchev–Trinajstić information content (AvgIpc) is 3.00. The van der Waals surface area contributed by atoms with Crippen molar-refractivity contribution in [1.29, 1.82) is 0 Å². The van der Waals surface area contributed by atoms with Crippen molar-refractivity contribution in [2.24, 2.45) is 0 Å². The summed E-state index contributed by atoms with van der Waals surface area (Å²) in [7, 11) is 1.33. The first kappa shape index (κ1) is 13.3. The van der Waals surface area contributed by atoms with Crippen LogP contribution < -0.4 is 5.32 Å². The van der Waals surface area contributed by atoms with Gasteiger partial charge in [-0.1, -0.05) is 0 Å². The number of carbonyl (C=O) groups excluding carboxylic acids is 2. The third-order valence-electron chi connectivity index (χ3n) is 2.39. The van der Waals surface area contributed by atoms with Gasteiger partial charge in [-0.05, 0) is 19.1 Å². The molecule has 100 valence electrons. The van der Waals surface area contributed by atoms with Crippen LogP contribution in [-0.4, -0.2) is 24.0 Å². The lowest BCUT2D eigenvalue weighted by molar-refractivity contribution is -0.139. The maximum Gasteiger partial charge on any atom is 0.310 e. The molecule has 2 heterocycles. The SMILES string of the molecule is COC(=O)Cc1sc(NC(=O)c2ccco2)nc1C. The smallest absolute Gasteiger partial charge is 0.310 e. The molecule has 2 aromatic heterocycles. The van der Waals surface area contributed by atoms with Gasteiger partial charge in [0, 0.05) is 4.88 Å². The number of hydrogen-bond acceptors (Lipinski definition) is 6. The molecule has 0 aliphatic rings. The second kappa shape index (κ2) is 5.66. The average molecular weight is 280 g/mol. The molecule has 0 saturated heterocycles. The summed E-state index contributed by atoms with van der Waals surface area (Å²) in [5.41, 5.74) is 0.699. The highest BCUT2D eigenvalue weighted by molar-refractivity contribution is 7.16. The number of nitrogens with one attached hydrogen (secondary N) is 1. The number of rotatable bonds is 4. The van der Waals surface area contributed by atoms with Crippen molar-refractivity contribution < 1.29 is 18.7 Å². The molecular formula is C12H12N2O4S. The fourth-order valence-electron chi connectivity index (χ4n) is 1.42. The van der Waals surface area contributed by atoms with E-state index in [0.29, 0.717) is 10.8 Å². The molecule has 19 heavy (non-hydrogen) atoms. The summed E-state index contributed by atoms with van der Waals surface area (Å²) >= 11 is 1.24. The van der Waals surface area contributed by atoms with Crippen molar-refractivity contribution in [3.63, 3.8) is 0 Å². The van der Waals surface area contributed by atoms with Crippen molar-refractivity contribution in [2.75, 3.05) is 12.4 Å². The highest BCUT2D eigenvalue weighted by Crippen LogP contribution is 2.23. The van der Waals surface area contributed by atoms with E-state index in [4.69, 9.17) is 4.42 Å².